The van der Waals surface area contributed by atoms with Gasteiger partial charge in [0.2, 0.25) is 5.91 Å². The summed E-state index contributed by atoms with van der Waals surface area (Å²) in [6.45, 7) is 9.06. The SMILES string of the molecule is CCc1ccc([C@@H]([NH2+]Cc2csc(N(C(C)=O)c3ccccc3)n2)C(C)C)cc1. The third kappa shape index (κ3) is 5.31. The summed E-state index contributed by atoms with van der Waals surface area (Å²) in [5, 5.41) is 5.13. The first-order valence-corrected chi connectivity index (χ1v) is 11.1. The number of rotatable bonds is 8. The molecule has 0 saturated heterocycles. The highest BCUT2D eigenvalue weighted by molar-refractivity contribution is 7.14. The second kappa shape index (κ2) is 9.81. The van der Waals surface area contributed by atoms with E-state index in [-0.39, 0.29) is 5.91 Å². The molecule has 1 heterocycles. The Balaban J connectivity index is 1.73. The highest BCUT2D eigenvalue weighted by Gasteiger charge is 2.21. The monoisotopic (exact) mass is 408 g/mol. The summed E-state index contributed by atoms with van der Waals surface area (Å²) >= 11 is 1.52. The lowest BCUT2D eigenvalue weighted by Gasteiger charge is -2.20. The number of nitrogens with zero attached hydrogens (tertiary/aromatic N) is 2. The zero-order chi connectivity index (χ0) is 20.8. The predicted octanol–water partition coefficient (Wildman–Crippen LogP) is 4.85. The van der Waals surface area contributed by atoms with Crippen LogP contribution >= 0.6 is 11.3 Å². The van der Waals surface area contributed by atoms with Gasteiger partial charge in [-0.25, -0.2) is 4.98 Å². The lowest BCUT2D eigenvalue weighted by molar-refractivity contribution is -0.717. The van der Waals surface area contributed by atoms with Gasteiger partial charge < -0.3 is 5.32 Å². The third-order valence-electron chi connectivity index (χ3n) is 5.13. The van der Waals surface area contributed by atoms with Crippen molar-refractivity contribution in [3.8, 4) is 0 Å². The van der Waals surface area contributed by atoms with Crippen molar-refractivity contribution in [3.63, 3.8) is 0 Å². The molecule has 0 saturated carbocycles. The maximum Gasteiger partial charge on any atom is 0.230 e. The molecule has 3 rings (SSSR count). The van der Waals surface area contributed by atoms with Gasteiger partial charge in [-0.15, -0.1) is 11.3 Å². The molecule has 2 N–H and O–H groups in total. The number of carbonyl (C=O) groups is 1. The molecule has 0 aliphatic heterocycles. The molecule has 1 amide bonds. The van der Waals surface area contributed by atoms with Crippen molar-refractivity contribution >= 4 is 28.1 Å². The van der Waals surface area contributed by atoms with Crippen LogP contribution in [-0.4, -0.2) is 10.9 Å². The number of nitrogens with two attached hydrogens (primary N) is 1. The van der Waals surface area contributed by atoms with Gasteiger partial charge in [-0.05, 0) is 24.1 Å². The van der Waals surface area contributed by atoms with Crippen molar-refractivity contribution in [2.24, 2.45) is 5.92 Å². The second-order valence-electron chi connectivity index (χ2n) is 7.62. The Morgan fingerprint density at radius 3 is 2.38 bits per heavy atom. The van der Waals surface area contributed by atoms with E-state index in [0.717, 1.165) is 29.5 Å². The number of aryl methyl sites for hydroxylation is 1. The van der Waals surface area contributed by atoms with Crippen molar-refractivity contribution in [1.82, 2.24) is 4.98 Å². The molecule has 0 fully saturated rings. The number of benzene rings is 2. The normalized spacial score (nSPS) is 12.2. The minimum atomic E-state index is -0.0304. The van der Waals surface area contributed by atoms with E-state index in [4.69, 9.17) is 4.98 Å². The van der Waals surface area contributed by atoms with Gasteiger partial charge in [-0.2, -0.15) is 0 Å². The van der Waals surface area contributed by atoms with Gasteiger partial charge in [0, 0.05) is 23.8 Å². The first-order chi connectivity index (χ1) is 14.0. The molecule has 0 aliphatic rings. The van der Waals surface area contributed by atoms with Crippen molar-refractivity contribution in [1.29, 1.82) is 0 Å². The van der Waals surface area contributed by atoms with E-state index in [1.807, 2.05) is 30.3 Å². The molecule has 0 radical (unpaired) electrons. The lowest BCUT2D eigenvalue weighted by Crippen LogP contribution is -2.84. The maximum absolute atomic E-state index is 12.2. The summed E-state index contributed by atoms with van der Waals surface area (Å²) in [5.74, 6) is 0.482. The first-order valence-electron chi connectivity index (χ1n) is 10.2. The minimum absolute atomic E-state index is 0.0304. The van der Waals surface area contributed by atoms with E-state index in [0.29, 0.717) is 12.0 Å². The molecule has 3 aromatic rings. The van der Waals surface area contributed by atoms with Crippen LogP contribution in [0.2, 0.25) is 0 Å². The summed E-state index contributed by atoms with van der Waals surface area (Å²) in [7, 11) is 0. The molecular formula is C24H30N3OS+. The molecule has 0 bridgehead atoms. The molecule has 0 spiro atoms. The average Bonchev–Trinajstić information content (AvgIpc) is 3.17. The molecule has 29 heavy (non-hydrogen) atoms. The smallest absolute Gasteiger partial charge is 0.230 e. The summed E-state index contributed by atoms with van der Waals surface area (Å²) in [4.78, 5) is 18.7. The van der Waals surface area contributed by atoms with Gasteiger partial charge in [-0.3, -0.25) is 9.69 Å². The van der Waals surface area contributed by atoms with Crippen LogP contribution in [0.25, 0.3) is 0 Å². The number of thiazole rings is 1. The number of para-hydroxylation sites is 1. The molecule has 1 atom stereocenters. The zero-order valence-electron chi connectivity index (χ0n) is 17.6. The highest BCUT2D eigenvalue weighted by atomic mass is 32.1. The van der Waals surface area contributed by atoms with Gasteiger partial charge in [0.05, 0.1) is 5.69 Å². The van der Waals surface area contributed by atoms with Gasteiger partial charge in [0.25, 0.3) is 0 Å². The van der Waals surface area contributed by atoms with E-state index in [1.54, 1.807) is 11.8 Å². The molecule has 5 heteroatoms. The predicted molar refractivity (Wildman–Crippen MR) is 120 cm³/mol. The topological polar surface area (TPSA) is 49.8 Å². The van der Waals surface area contributed by atoms with Gasteiger partial charge in [0.15, 0.2) is 5.13 Å². The van der Waals surface area contributed by atoms with E-state index < -0.39 is 0 Å². The molecule has 0 unspecified atom stereocenters. The van der Waals surface area contributed by atoms with Crippen LogP contribution < -0.4 is 10.2 Å². The van der Waals surface area contributed by atoms with Gasteiger partial charge in [0.1, 0.15) is 18.3 Å². The average molecular weight is 409 g/mol. The summed E-state index contributed by atoms with van der Waals surface area (Å²) < 4.78 is 0. The van der Waals surface area contributed by atoms with Crippen LogP contribution in [0.15, 0.2) is 60.0 Å². The van der Waals surface area contributed by atoms with E-state index in [2.05, 4.69) is 55.7 Å². The fourth-order valence-corrected chi connectivity index (χ4v) is 4.41. The minimum Gasteiger partial charge on any atom is -0.335 e. The van der Waals surface area contributed by atoms with Gasteiger partial charge in [-0.1, -0.05) is 63.2 Å². The Bertz CT molecular complexity index is 919. The van der Waals surface area contributed by atoms with Crippen LogP contribution in [-0.2, 0) is 17.8 Å². The molecule has 2 aromatic carbocycles. The van der Waals surface area contributed by atoms with Crippen LogP contribution in [0.3, 0.4) is 0 Å². The number of amides is 1. The van der Waals surface area contributed by atoms with Crippen LogP contribution in [0.5, 0.6) is 0 Å². The lowest BCUT2D eigenvalue weighted by atomic mass is 9.95. The first kappa shape index (κ1) is 21.2. The molecular weight excluding hydrogens is 378 g/mol. The van der Waals surface area contributed by atoms with Crippen molar-refractivity contribution in [3.05, 3.63) is 76.8 Å². The highest BCUT2D eigenvalue weighted by Crippen LogP contribution is 2.28. The van der Waals surface area contributed by atoms with Crippen LogP contribution in [0, 0.1) is 5.92 Å². The molecule has 152 valence electrons. The summed E-state index contributed by atoms with van der Waals surface area (Å²) in [6.07, 6.45) is 1.06. The third-order valence-corrected chi connectivity index (χ3v) is 6.01. The van der Waals surface area contributed by atoms with Gasteiger partial charge >= 0.3 is 0 Å². The Labute approximate surface area is 177 Å². The van der Waals surface area contributed by atoms with E-state index in [9.17, 15) is 4.79 Å². The number of quaternary nitrogens is 1. The molecule has 1 aromatic heterocycles. The number of aromatic nitrogens is 1. The summed E-state index contributed by atoms with van der Waals surface area (Å²) in [5.41, 5.74) is 4.57. The van der Waals surface area contributed by atoms with Crippen molar-refractivity contribution < 1.29 is 10.1 Å². The largest absolute Gasteiger partial charge is 0.335 e. The number of carbonyl (C=O) groups excluding carboxylic acids is 1. The standard InChI is InChI=1S/C24H29N3OS/c1-5-19-11-13-20(14-12-19)23(17(2)3)25-15-21-16-29-24(26-21)27(18(4)28)22-9-7-6-8-10-22/h6-14,16-17,23,25H,5,15H2,1-4H3/p+1/t23-/m0/s1. The van der Waals surface area contributed by atoms with Crippen LogP contribution in [0.4, 0.5) is 10.8 Å². The zero-order valence-corrected chi connectivity index (χ0v) is 18.4. The second-order valence-corrected chi connectivity index (χ2v) is 8.45. The van der Waals surface area contributed by atoms with Crippen molar-refractivity contribution in [2.75, 3.05) is 4.90 Å². The van der Waals surface area contributed by atoms with Crippen molar-refractivity contribution in [2.45, 2.75) is 46.7 Å². The fraction of sp³-hybridized carbons (Fsp3) is 0.333. The molecule has 0 aliphatic carbocycles. The fourth-order valence-electron chi connectivity index (χ4n) is 3.51. The maximum atomic E-state index is 12.2. The Hall–Kier alpha value is -2.50. The van der Waals surface area contributed by atoms with E-state index in [1.165, 1.54) is 22.5 Å². The summed E-state index contributed by atoms with van der Waals surface area (Å²) in [6, 6.07) is 19.0. The van der Waals surface area contributed by atoms with E-state index >= 15 is 0 Å². The Morgan fingerprint density at radius 1 is 1.10 bits per heavy atom. The number of anilines is 2. The Kier molecular flexibility index (Phi) is 7.18. The molecule has 4 nitrogen and oxygen atoms in total. The Morgan fingerprint density at radius 2 is 1.79 bits per heavy atom. The number of hydrogen-bond acceptors (Lipinski definition) is 3. The number of hydrogen-bond donors (Lipinski definition) is 1. The van der Waals surface area contributed by atoms with Crippen LogP contribution in [0.1, 0.15) is 50.6 Å². The quantitative estimate of drug-likeness (QED) is 0.579.